The molecule has 1 aromatic carbocycles. The predicted octanol–water partition coefficient (Wildman–Crippen LogP) is 2.15. The van der Waals surface area contributed by atoms with Crippen molar-refractivity contribution in [1.29, 1.82) is 5.26 Å². The Kier molecular flexibility index (Phi) is 4.14. The van der Waals surface area contributed by atoms with E-state index in [2.05, 4.69) is 0 Å². The summed E-state index contributed by atoms with van der Waals surface area (Å²) < 4.78 is 0. The van der Waals surface area contributed by atoms with Gasteiger partial charge >= 0.3 is 0 Å². The first-order valence-electron chi connectivity index (χ1n) is 4.51. The van der Waals surface area contributed by atoms with Gasteiger partial charge in [0.2, 0.25) is 5.91 Å². The molecule has 0 atom stereocenters. The van der Waals surface area contributed by atoms with Crippen LogP contribution in [-0.4, -0.2) is 18.8 Å². The van der Waals surface area contributed by atoms with Crippen molar-refractivity contribution in [3.05, 3.63) is 29.8 Å². The predicted molar refractivity (Wildman–Crippen MR) is 59.9 cm³/mol. The summed E-state index contributed by atoms with van der Waals surface area (Å²) in [6.45, 7) is 0. The van der Waals surface area contributed by atoms with E-state index in [1.807, 2.05) is 6.07 Å². The van der Waals surface area contributed by atoms with Gasteiger partial charge < -0.3 is 4.90 Å². The number of halogens is 1. The van der Waals surface area contributed by atoms with Crippen molar-refractivity contribution in [2.45, 2.75) is 6.42 Å². The molecule has 1 aromatic rings. The lowest BCUT2D eigenvalue weighted by molar-refractivity contribution is -0.117. The van der Waals surface area contributed by atoms with Crippen molar-refractivity contribution in [2.75, 3.05) is 17.8 Å². The van der Waals surface area contributed by atoms with E-state index in [1.165, 1.54) is 4.90 Å². The van der Waals surface area contributed by atoms with E-state index in [-0.39, 0.29) is 5.91 Å². The average molecular weight is 223 g/mol. The summed E-state index contributed by atoms with van der Waals surface area (Å²) in [5.74, 6) is 0.286. The molecule has 78 valence electrons. The first kappa shape index (κ1) is 11.5. The number of alkyl halides is 1. The van der Waals surface area contributed by atoms with Gasteiger partial charge in [-0.2, -0.15) is 5.26 Å². The summed E-state index contributed by atoms with van der Waals surface area (Å²) >= 11 is 5.49. The standard InChI is InChI=1S/C11H11ClN2O/c1-14(11(15)6-7-12)10-4-2-9(8-13)3-5-10/h2-5H,6-7H2,1H3. The van der Waals surface area contributed by atoms with Gasteiger partial charge in [-0.15, -0.1) is 11.6 Å². The molecule has 0 spiro atoms. The smallest absolute Gasteiger partial charge is 0.227 e. The highest BCUT2D eigenvalue weighted by Crippen LogP contribution is 2.14. The largest absolute Gasteiger partial charge is 0.315 e. The van der Waals surface area contributed by atoms with Crippen molar-refractivity contribution < 1.29 is 4.79 Å². The van der Waals surface area contributed by atoms with Gasteiger partial charge in [-0.05, 0) is 24.3 Å². The zero-order chi connectivity index (χ0) is 11.3. The van der Waals surface area contributed by atoms with E-state index in [0.29, 0.717) is 17.9 Å². The van der Waals surface area contributed by atoms with Crippen molar-refractivity contribution >= 4 is 23.2 Å². The number of carbonyl (C=O) groups excluding carboxylic acids is 1. The van der Waals surface area contributed by atoms with Crippen molar-refractivity contribution in [2.24, 2.45) is 0 Å². The number of anilines is 1. The highest BCUT2D eigenvalue weighted by atomic mass is 35.5. The molecule has 0 fully saturated rings. The Bertz CT molecular complexity index is 381. The number of hydrogen-bond donors (Lipinski definition) is 0. The third-order valence-electron chi connectivity index (χ3n) is 2.07. The zero-order valence-electron chi connectivity index (χ0n) is 8.40. The molecule has 0 saturated heterocycles. The van der Waals surface area contributed by atoms with Crippen LogP contribution in [0.2, 0.25) is 0 Å². The van der Waals surface area contributed by atoms with E-state index in [1.54, 1.807) is 31.3 Å². The molecule has 3 nitrogen and oxygen atoms in total. The Morgan fingerprint density at radius 1 is 1.47 bits per heavy atom. The van der Waals surface area contributed by atoms with Gasteiger partial charge in [0.1, 0.15) is 0 Å². The van der Waals surface area contributed by atoms with Crippen LogP contribution in [0, 0.1) is 11.3 Å². The number of nitriles is 1. The van der Waals surface area contributed by atoms with Gasteiger partial charge in [0.25, 0.3) is 0 Å². The molecular formula is C11H11ClN2O. The molecule has 0 saturated carbocycles. The molecule has 0 aliphatic rings. The lowest BCUT2D eigenvalue weighted by atomic mass is 10.2. The summed E-state index contributed by atoms with van der Waals surface area (Å²) in [5.41, 5.74) is 1.35. The minimum atomic E-state index is -0.0327. The zero-order valence-corrected chi connectivity index (χ0v) is 9.16. The summed E-state index contributed by atoms with van der Waals surface area (Å²) in [6.07, 6.45) is 0.318. The quantitative estimate of drug-likeness (QED) is 0.736. The molecule has 0 bridgehead atoms. The second-order valence-corrected chi connectivity index (χ2v) is 3.43. The number of carbonyl (C=O) groups is 1. The van der Waals surface area contributed by atoms with E-state index in [4.69, 9.17) is 16.9 Å². The molecule has 0 aliphatic heterocycles. The summed E-state index contributed by atoms with van der Waals surface area (Å²) in [6, 6.07) is 8.87. The fraction of sp³-hybridized carbons (Fsp3) is 0.273. The van der Waals surface area contributed by atoms with Gasteiger partial charge in [-0.3, -0.25) is 4.79 Å². The normalized spacial score (nSPS) is 9.40. The van der Waals surface area contributed by atoms with E-state index in [9.17, 15) is 4.79 Å². The minimum absolute atomic E-state index is 0.0327. The fourth-order valence-corrected chi connectivity index (χ4v) is 1.31. The highest BCUT2D eigenvalue weighted by Gasteiger charge is 2.09. The van der Waals surface area contributed by atoms with Crippen LogP contribution in [0.25, 0.3) is 0 Å². The summed E-state index contributed by atoms with van der Waals surface area (Å²) in [7, 11) is 1.69. The van der Waals surface area contributed by atoms with Crippen LogP contribution in [-0.2, 0) is 4.79 Å². The van der Waals surface area contributed by atoms with Crippen LogP contribution >= 0.6 is 11.6 Å². The average Bonchev–Trinajstić information content (AvgIpc) is 2.28. The monoisotopic (exact) mass is 222 g/mol. The topological polar surface area (TPSA) is 44.1 Å². The van der Waals surface area contributed by atoms with Crippen LogP contribution in [0.5, 0.6) is 0 Å². The van der Waals surface area contributed by atoms with Gasteiger partial charge in [0.15, 0.2) is 0 Å². The lowest BCUT2D eigenvalue weighted by Crippen LogP contribution is -2.26. The number of benzene rings is 1. The molecule has 0 unspecified atom stereocenters. The van der Waals surface area contributed by atoms with Crippen LogP contribution in [0.1, 0.15) is 12.0 Å². The third kappa shape index (κ3) is 2.97. The maximum absolute atomic E-state index is 11.5. The van der Waals surface area contributed by atoms with Gasteiger partial charge in [-0.25, -0.2) is 0 Å². The molecule has 0 aliphatic carbocycles. The fourth-order valence-electron chi connectivity index (χ4n) is 1.15. The Labute approximate surface area is 93.9 Å². The second kappa shape index (κ2) is 5.38. The molecule has 1 amide bonds. The number of hydrogen-bond acceptors (Lipinski definition) is 2. The molecular weight excluding hydrogens is 212 g/mol. The highest BCUT2D eigenvalue weighted by molar-refractivity contribution is 6.19. The summed E-state index contributed by atoms with van der Waals surface area (Å²) in [5, 5.41) is 8.61. The Balaban J connectivity index is 2.79. The van der Waals surface area contributed by atoms with Crippen molar-refractivity contribution in [1.82, 2.24) is 0 Å². The van der Waals surface area contributed by atoms with Gasteiger partial charge in [0.05, 0.1) is 11.6 Å². The number of nitrogens with zero attached hydrogens (tertiary/aromatic N) is 2. The Morgan fingerprint density at radius 2 is 2.07 bits per heavy atom. The Morgan fingerprint density at radius 3 is 2.53 bits per heavy atom. The van der Waals surface area contributed by atoms with Gasteiger partial charge in [-0.1, -0.05) is 0 Å². The van der Waals surface area contributed by atoms with Crippen LogP contribution < -0.4 is 4.90 Å². The van der Waals surface area contributed by atoms with E-state index >= 15 is 0 Å². The minimum Gasteiger partial charge on any atom is -0.315 e. The molecule has 0 heterocycles. The molecule has 0 aromatic heterocycles. The first-order chi connectivity index (χ1) is 7.19. The summed E-state index contributed by atoms with van der Waals surface area (Å²) in [4.78, 5) is 13.0. The van der Waals surface area contributed by atoms with Gasteiger partial charge in [0, 0.05) is 25.0 Å². The second-order valence-electron chi connectivity index (χ2n) is 3.05. The van der Waals surface area contributed by atoms with E-state index in [0.717, 1.165) is 5.69 Å². The molecule has 0 radical (unpaired) electrons. The Hall–Kier alpha value is -1.53. The number of amides is 1. The maximum Gasteiger partial charge on any atom is 0.227 e. The molecule has 1 rings (SSSR count). The lowest BCUT2D eigenvalue weighted by Gasteiger charge is -2.16. The third-order valence-corrected chi connectivity index (χ3v) is 2.26. The SMILES string of the molecule is CN(C(=O)CCCl)c1ccc(C#N)cc1. The maximum atomic E-state index is 11.5. The van der Waals surface area contributed by atoms with Crippen LogP contribution in [0.4, 0.5) is 5.69 Å². The number of rotatable bonds is 3. The molecule has 0 N–H and O–H groups in total. The molecule has 4 heteroatoms. The van der Waals surface area contributed by atoms with Crippen molar-refractivity contribution in [3.63, 3.8) is 0 Å². The molecule has 15 heavy (non-hydrogen) atoms. The van der Waals surface area contributed by atoms with E-state index < -0.39 is 0 Å². The van der Waals surface area contributed by atoms with Crippen LogP contribution in [0.15, 0.2) is 24.3 Å². The van der Waals surface area contributed by atoms with Crippen LogP contribution in [0.3, 0.4) is 0 Å². The van der Waals surface area contributed by atoms with Crippen molar-refractivity contribution in [3.8, 4) is 6.07 Å². The first-order valence-corrected chi connectivity index (χ1v) is 5.05.